The minimum atomic E-state index is 0.270. The van der Waals surface area contributed by atoms with E-state index in [0.717, 1.165) is 31.5 Å². The zero-order valence-corrected chi connectivity index (χ0v) is 11.3. The van der Waals surface area contributed by atoms with E-state index in [1.54, 1.807) is 0 Å². The summed E-state index contributed by atoms with van der Waals surface area (Å²) in [5.74, 6) is 0. The third-order valence-electron chi connectivity index (χ3n) is 3.79. The lowest BCUT2D eigenvalue weighted by Gasteiger charge is -2.32. The van der Waals surface area contributed by atoms with Crippen LogP contribution in [-0.4, -0.2) is 10.5 Å². The molecule has 0 saturated carbocycles. The van der Waals surface area contributed by atoms with Crippen molar-refractivity contribution in [2.24, 2.45) is 5.73 Å². The lowest BCUT2D eigenvalue weighted by molar-refractivity contribution is 0.288. The van der Waals surface area contributed by atoms with E-state index in [1.807, 2.05) is 6.20 Å². The van der Waals surface area contributed by atoms with Crippen LogP contribution in [0, 0.1) is 0 Å². The van der Waals surface area contributed by atoms with Crippen molar-refractivity contribution in [3.8, 4) is 0 Å². The van der Waals surface area contributed by atoms with Gasteiger partial charge >= 0.3 is 0 Å². The number of nitrogens with two attached hydrogens (primary N) is 1. The van der Waals surface area contributed by atoms with Crippen LogP contribution in [0.4, 0.5) is 0 Å². The summed E-state index contributed by atoms with van der Waals surface area (Å²) in [6.07, 6.45) is 5.32. The number of hydrogen-bond acceptors (Lipinski definition) is 3. The summed E-state index contributed by atoms with van der Waals surface area (Å²) in [6, 6.07) is 4.14. The van der Waals surface area contributed by atoms with E-state index in [0.29, 0.717) is 6.54 Å². The van der Waals surface area contributed by atoms with Gasteiger partial charge in [-0.05, 0) is 37.0 Å². The number of rotatable bonds is 7. The molecule has 0 saturated heterocycles. The molecule has 1 aromatic heterocycles. The van der Waals surface area contributed by atoms with Gasteiger partial charge in [-0.15, -0.1) is 0 Å². The van der Waals surface area contributed by atoms with Crippen LogP contribution in [0.2, 0.25) is 0 Å². The molecule has 0 aliphatic carbocycles. The van der Waals surface area contributed by atoms with E-state index in [4.69, 9.17) is 5.73 Å². The van der Waals surface area contributed by atoms with Gasteiger partial charge in [0.15, 0.2) is 0 Å². The second kappa shape index (κ2) is 6.72. The Morgan fingerprint density at radius 3 is 2.41 bits per heavy atom. The lowest BCUT2D eigenvalue weighted by Crippen LogP contribution is -2.43. The van der Waals surface area contributed by atoms with Crippen LogP contribution in [-0.2, 0) is 13.1 Å². The summed E-state index contributed by atoms with van der Waals surface area (Å²) >= 11 is 0. The molecule has 17 heavy (non-hydrogen) atoms. The van der Waals surface area contributed by atoms with Crippen molar-refractivity contribution in [1.82, 2.24) is 10.3 Å². The first-order chi connectivity index (χ1) is 8.19. The maximum atomic E-state index is 5.60. The molecule has 0 atom stereocenters. The average Bonchev–Trinajstić information content (AvgIpc) is 2.41. The van der Waals surface area contributed by atoms with Crippen molar-refractivity contribution < 1.29 is 0 Å². The predicted octanol–water partition coefficient (Wildman–Crippen LogP) is 2.60. The second-order valence-electron chi connectivity index (χ2n) is 4.55. The van der Waals surface area contributed by atoms with Gasteiger partial charge in [0.25, 0.3) is 0 Å². The van der Waals surface area contributed by atoms with Gasteiger partial charge in [0, 0.05) is 24.8 Å². The van der Waals surface area contributed by atoms with Crippen LogP contribution in [0.5, 0.6) is 0 Å². The maximum absolute atomic E-state index is 5.60. The first kappa shape index (κ1) is 14.1. The lowest BCUT2D eigenvalue weighted by atomic mass is 9.89. The van der Waals surface area contributed by atoms with Crippen molar-refractivity contribution >= 4 is 0 Å². The van der Waals surface area contributed by atoms with Gasteiger partial charge in [-0.1, -0.05) is 20.8 Å². The normalized spacial score (nSPS) is 11.8. The molecular formula is C14H25N3. The number of nitrogens with one attached hydrogen (secondary N) is 1. The molecule has 0 fully saturated rings. The zero-order chi connectivity index (χ0) is 12.7. The van der Waals surface area contributed by atoms with Crippen molar-refractivity contribution in [2.45, 2.75) is 58.7 Å². The summed E-state index contributed by atoms with van der Waals surface area (Å²) in [6.45, 7) is 8.15. The minimum Gasteiger partial charge on any atom is -0.325 e. The average molecular weight is 235 g/mol. The minimum absolute atomic E-state index is 0.270. The maximum Gasteiger partial charge on any atom is 0.0542 e. The number of hydrogen-bond donors (Lipinski definition) is 2. The molecule has 0 aliphatic rings. The van der Waals surface area contributed by atoms with Crippen molar-refractivity contribution in [3.63, 3.8) is 0 Å². The molecule has 0 aromatic carbocycles. The van der Waals surface area contributed by atoms with Crippen molar-refractivity contribution in [3.05, 3.63) is 29.6 Å². The first-order valence-electron chi connectivity index (χ1n) is 6.58. The Bertz CT molecular complexity index is 324. The molecule has 3 N–H and O–H groups in total. The van der Waals surface area contributed by atoms with Gasteiger partial charge < -0.3 is 11.1 Å². The highest BCUT2D eigenvalue weighted by Gasteiger charge is 2.22. The zero-order valence-electron chi connectivity index (χ0n) is 11.3. The number of nitrogens with zero attached hydrogens (tertiary/aromatic N) is 1. The van der Waals surface area contributed by atoms with E-state index in [9.17, 15) is 0 Å². The number of pyridine rings is 1. The molecule has 0 aliphatic heterocycles. The van der Waals surface area contributed by atoms with Gasteiger partial charge in [0.05, 0.1) is 5.69 Å². The molecule has 0 amide bonds. The molecule has 96 valence electrons. The summed E-state index contributed by atoms with van der Waals surface area (Å²) in [4.78, 5) is 4.21. The quantitative estimate of drug-likeness (QED) is 0.764. The van der Waals surface area contributed by atoms with Gasteiger partial charge in [-0.25, -0.2) is 0 Å². The highest BCUT2D eigenvalue weighted by Crippen LogP contribution is 2.19. The van der Waals surface area contributed by atoms with Gasteiger partial charge in [0.1, 0.15) is 0 Å². The monoisotopic (exact) mass is 235 g/mol. The first-order valence-corrected chi connectivity index (χ1v) is 6.58. The molecule has 0 spiro atoms. The SMILES string of the molecule is CCC(CC)(CC)NCc1ccnc(CN)c1. The van der Waals surface area contributed by atoms with E-state index in [2.05, 4.69) is 43.2 Å². The molecule has 0 bridgehead atoms. The Hall–Kier alpha value is -0.930. The third kappa shape index (κ3) is 3.79. The second-order valence-corrected chi connectivity index (χ2v) is 4.55. The molecule has 0 unspecified atom stereocenters. The van der Waals surface area contributed by atoms with E-state index in [1.165, 1.54) is 5.56 Å². The van der Waals surface area contributed by atoms with Crippen LogP contribution in [0.15, 0.2) is 18.3 Å². The van der Waals surface area contributed by atoms with Crippen LogP contribution < -0.4 is 11.1 Å². The fourth-order valence-corrected chi connectivity index (χ4v) is 2.16. The van der Waals surface area contributed by atoms with Gasteiger partial charge in [0.2, 0.25) is 0 Å². The van der Waals surface area contributed by atoms with E-state index < -0.39 is 0 Å². The van der Waals surface area contributed by atoms with Crippen molar-refractivity contribution in [2.75, 3.05) is 0 Å². The summed E-state index contributed by atoms with van der Waals surface area (Å²) < 4.78 is 0. The molecule has 1 aromatic rings. The molecular weight excluding hydrogens is 210 g/mol. The smallest absolute Gasteiger partial charge is 0.0542 e. The highest BCUT2D eigenvalue weighted by molar-refractivity contribution is 5.16. The largest absolute Gasteiger partial charge is 0.325 e. The van der Waals surface area contributed by atoms with Crippen molar-refractivity contribution in [1.29, 1.82) is 0 Å². The predicted molar refractivity (Wildman–Crippen MR) is 72.6 cm³/mol. The van der Waals surface area contributed by atoms with Gasteiger partial charge in [-0.3, -0.25) is 4.98 Å². The Balaban J connectivity index is 2.65. The molecule has 1 heterocycles. The Labute approximate surface area is 105 Å². The Morgan fingerprint density at radius 1 is 1.24 bits per heavy atom. The molecule has 3 heteroatoms. The summed E-state index contributed by atoms with van der Waals surface area (Å²) in [7, 11) is 0. The molecule has 3 nitrogen and oxygen atoms in total. The van der Waals surface area contributed by atoms with E-state index in [-0.39, 0.29) is 5.54 Å². The molecule has 1 rings (SSSR count). The summed E-state index contributed by atoms with van der Waals surface area (Å²) in [5.41, 5.74) is 8.09. The van der Waals surface area contributed by atoms with E-state index >= 15 is 0 Å². The Kier molecular flexibility index (Phi) is 5.59. The van der Waals surface area contributed by atoms with Crippen LogP contribution in [0.3, 0.4) is 0 Å². The molecule has 0 radical (unpaired) electrons. The Morgan fingerprint density at radius 2 is 1.88 bits per heavy atom. The standard InChI is InChI=1S/C14H25N3/c1-4-14(5-2,6-3)17-11-12-7-8-16-13(9-12)10-15/h7-9,17H,4-6,10-11,15H2,1-3H3. The van der Waals surface area contributed by atoms with Crippen LogP contribution in [0.25, 0.3) is 0 Å². The number of aromatic nitrogens is 1. The summed E-state index contributed by atoms with van der Waals surface area (Å²) in [5, 5.41) is 3.68. The highest BCUT2D eigenvalue weighted by atomic mass is 15.0. The topological polar surface area (TPSA) is 50.9 Å². The van der Waals surface area contributed by atoms with Crippen LogP contribution in [0.1, 0.15) is 51.3 Å². The van der Waals surface area contributed by atoms with Gasteiger partial charge in [-0.2, -0.15) is 0 Å². The fraction of sp³-hybridized carbons (Fsp3) is 0.643. The third-order valence-corrected chi connectivity index (χ3v) is 3.79. The van der Waals surface area contributed by atoms with Crippen LogP contribution >= 0.6 is 0 Å². The fourth-order valence-electron chi connectivity index (χ4n) is 2.16.